The molecule has 1 atom stereocenters. The third kappa shape index (κ3) is 20.0. The zero-order valence-corrected chi connectivity index (χ0v) is 25.7. The molecule has 0 aromatic rings. The van der Waals surface area contributed by atoms with E-state index in [-0.39, 0.29) is 0 Å². The maximum Gasteiger partial charge on any atom is 0.00952 e. The van der Waals surface area contributed by atoms with Crippen LogP contribution in [0.4, 0.5) is 0 Å². The third-order valence-corrected chi connectivity index (χ3v) is 8.72. The van der Waals surface area contributed by atoms with Crippen molar-refractivity contribution < 1.29 is 0 Å². The quantitative estimate of drug-likeness (QED) is 0.135. The molecule has 0 bridgehead atoms. The minimum Gasteiger partial charge on any atom is -0.303 e. The van der Waals surface area contributed by atoms with Crippen molar-refractivity contribution in [1.29, 1.82) is 0 Å². The van der Waals surface area contributed by atoms with Crippen molar-refractivity contribution in [2.75, 3.05) is 32.7 Å². The summed E-state index contributed by atoms with van der Waals surface area (Å²) in [4.78, 5) is 5.46. The molecule has 36 heavy (non-hydrogen) atoms. The highest BCUT2D eigenvalue weighted by molar-refractivity contribution is 4.77. The van der Waals surface area contributed by atoms with Crippen LogP contribution in [0, 0.1) is 0 Å². The Morgan fingerprint density at radius 1 is 0.444 bits per heavy atom. The predicted molar refractivity (Wildman–Crippen MR) is 164 cm³/mol. The Bertz CT molecular complexity index is 417. The third-order valence-electron chi connectivity index (χ3n) is 8.72. The first kappa shape index (κ1) is 33.9. The second-order valence-corrected chi connectivity index (χ2v) is 12.2. The van der Waals surface area contributed by atoms with Crippen molar-refractivity contribution in [3.8, 4) is 0 Å². The smallest absolute Gasteiger partial charge is 0.00952 e. The Morgan fingerprint density at radius 3 is 1.47 bits per heavy atom. The molecular formula is C34H70N2. The van der Waals surface area contributed by atoms with Crippen LogP contribution < -0.4 is 0 Å². The maximum atomic E-state index is 2.83. The zero-order valence-electron chi connectivity index (χ0n) is 25.7. The average molecular weight is 507 g/mol. The van der Waals surface area contributed by atoms with E-state index in [1.807, 2.05) is 0 Å². The highest BCUT2D eigenvalue weighted by Crippen LogP contribution is 2.23. The fraction of sp³-hybridized carbons (Fsp3) is 1.00. The van der Waals surface area contributed by atoms with Crippen LogP contribution in [0.2, 0.25) is 0 Å². The molecule has 2 nitrogen and oxygen atoms in total. The van der Waals surface area contributed by atoms with Crippen molar-refractivity contribution in [1.82, 2.24) is 9.80 Å². The SMILES string of the molecule is CCCCCCCCCCC1CCCCN1CCCCCC.CCCCCCCCCN1CCCC1. The van der Waals surface area contributed by atoms with Gasteiger partial charge in [0.25, 0.3) is 0 Å². The molecule has 2 heteroatoms. The molecule has 0 aliphatic carbocycles. The highest BCUT2D eigenvalue weighted by atomic mass is 15.2. The second-order valence-electron chi connectivity index (χ2n) is 12.2. The Balaban J connectivity index is 0.000000397. The molecule has 2 fully saturated rings. The minimum absolute atomic E-state index is 0.926. The summed E-state index contributed by atoms with van der Waals surface area (Å²) in [6.45, 7) is 13.8. The van der Waals surface area contributed by atoms with E-state index < -0.39 is 0 Å². The van der Waals surface area contributed by atoms with Gasteiger partial charge in [0, 0.05) is 6.04 Å². The molecule has 216 valence electrons. The van der Waals surface area contributed by atoms with Crippen molar-refractivity contribution in [2.45, 2.75) is 187 Å². The van der Waals surface area contributed by atoms with Gasteiger partial charge in [-0.3, -0.25) is 0 Å². The lowest BCUT2D eigenvalue weighted by molar-refractivity contribution is 0.135. The Labute approximate surface area is 229 Å². The Hall–Kier alpha value is -0.0800. The number of likely N-dealkylation sites (tertiary alicyclic amines) is 2. The number of piperidine rings is 1. The van der Waals surface area contributed by atoms with Crippen molar-refractivity contribution in [3.05, 3.63) is 0 Å². The molecule has 0 N–H and O–H groups in total. The standard InChI is InChI=1S/C21H43N.C13H27N/c1-3-5-7-9-10-11-12-13-17-21-18-14-16-20-22(21)19-15-8-6-4-2;1-2-3-4-5-6-7-8-11-14-12-9-10-13-14/h21H,3-20H2,1-2H3;2-13H2,1H3. The van der Waals surface area contributed by atoms with Gasteiger partial charge in [0.2, 0.25) is 0 Å². The van der Waals surface area contributed by atoms with Crippen LogP contribution in [0.1, 0.15) is 181 Å². The first-order valence-corrected chi connectivity index (χ1v) is 17.3. The van der Waals surface area contributed by atoms with Gasteiger partial charge in [-0.1, -0.05) is 136 Å². The Kier molecular flexibility index (Phi) is 25.0. The lowest BCUT2D eigenvalue weighted by Crippen LogP contribution is -2.40. The van der Waals surface area contributed by atoms with E-state index in [4.69, 9.17) is 0 Å². The van der Waals surface area contributed by atoms with Crippen LogP contribution in [0.5, 0.6) is 0 Å². The van der Waals surface area contributed by atoms with Crippen LogP contribution in [0.25, 0.3) is 0 Å². The molecule has 2 aliphatic heterocycles. The van der Waals surface area contributed by atoms with Crippen LogP contribution in [-0.4, -0.2) is 48.6 Å². The molecular weight excluding hydrogens is 436 g/mol. The Morgan fingerprint density at radius 2 is 0.889 bits per heavy atom. The van der Waals surface area contributed by atoms with Gasteiger partial charge >= 0.3 is 0 Å². The summed E-state index contributed by atoms with van der Waals surface area (Å²) in [5.74, 6) is 0. The van der Waals surface area contributed by atoms with Crippen molar-refractivity contribution in [3.63, 3.8) is 0 Å². The monoisotopic (exact) mass is 507 g/mol. The van der Waals surface area contributed by atoms with Gasteiger partial charge in [-0.05, 0) is 77.7 Å². The normalized spacial score (nSPS) is 18.9. The number of rotatable bonds is 22. The lowest BCUT2D eigenvalue weighted by atomic mass is 9.96. The van der Waals surface area contributed by atoms with Gasteiger partial charge in [-0.15, -0.1) is 0 Å². The molecule has 2 aliphatic rings. The van der Waals surface area contributed by atoms with Crippen molar-refractivity contribution in [2.24, 2.45) is 0 Å². The number of hydrogen-bond donors (Lipinski definition) is 0. The van der Waals surface area contributed by atoms with Gasteiger partial charge in [0.15, 0.2) is 0 Å². The van der Waals surface area contributed by atoms with E-state index in [0.29, 0.717) is 0 Å². The number of hydrogen-bond acceptors (Lipinski definition) is 2. The zero-order chi connectivity index (χ0) is 25.9. The molecule has 0 aromatic carbocycles. The first-order valence-electron chi connectivity index (χ1n) is 17.3. The van der Waals surface area contributed by atoms with E-state index in [1.54, 1.807) is 0 Å². The topological polar surface area (TPSA) is 6.48 Å². The van der Waals surface area contributed by atoms with E-state index in [0.717, 1.165) is 6.04 Å². The molecule has 2 saturated heterocycles. The van der Waals surface area contributed by atoms with Crippen molar-refractivity contribution >= 4 is 0 Å². The largest absolute Gasteiger partial charge is 0.303 e. The fourth-order valence-corrected chi connectivity index (χ4v) is 6.24. The summed E-state index contributed by atoms with van der Waals surface area (Å²) >= 11 is 0. The molecule has 1 unspecified atom stereocenters. The van der Waals surface area contributed by atoms with Crippen LogP contribution in [0.3, 0.4) is 0 Å². The molecule has 0 spiro atoms. The predicted octanol–water partition coefficient (Wildman–Crippen LogP) is 10.8. The fourth-order valence-electron chi connectivity index (χ4n) is 6.24. The van der Waals surface area contributed by atoms with E-state index >= 15 is 0 Å². The van der Waals surface area contributed by atoms with Gasteiger partial charge in [0.05, 0.1) is 0 Å². The maximum absolute atomic E-state index is 2.83. The molecule has 2 rings (SSSR count). The molecule has 2 heterocycles. The van der Waals surface area contributed by atoms with Gasteiger partial charge in [-0.25, -0.2) is 0 Å². The number of unbranched alkanes of at least 4 members (excludes halogenated alkanes) is 16. The summed E-state index contributed by atoms with van der Waals surface area (Å²) in [6.07, 6.45) is 36.2. The second kappa shape index (κ2) is 26.5. The van der Waals surface area contributed by atoms with Gasteiger partial charge in [-0.2, -0.15) is 0 Å². The van der Waals surface area contributed by atoms with E-state index in [9.17, 15) is 0 Å². The highest BCUT2D eigenvalue weighted by Gasteiger charge is 2.21. The number of nitrogens with zero attached hydrogens (tertiary/aromatic N) is 2. The van der Waals surface area contributed by atoms with Crippen LogP contribution in [0.15, 0.2) is 0 Å². The van der Waals surface area contributed by atoms with Gasteiger partial charge < -0.3 is 9.80 Å². The van der Waals surface area contributed by atoms with Crippen LogP contribution >= 0.6 is 0 Å². The molecule has 0 radical (unpaired) electrons. The summed E-state index contributed by atoms with van der Waals surface area (Å²) in [5, 5.41) is 0. The molecule has 0 saturated carbocycles. The van der Waals surface area contributed by atoms with Crippen LogP contribution in [-0.2, 0) is 0 Å². The first-order chi connectivity index (χ1) is 17.8. The van der Waals surface area contributed by atoms with E-state index in [1.165, 1.54) is 193 Å². The summed E-state index contributed by atoms with van der Waals surface area (Å²) < 4.78 is 0. The lowest BCUT2D eigenvalue weighted by Gasteiger charge is -2.36. The summed E-state index contributed by atoms with van der Waals surface area (Å²) in [6, 6.07) is 0.926. The molecule has 0 aromatic heterocycles. The summed E-state index contributed by atoms with van der Waals surface area (Å²) in [7, 11) is 0. The van der Waals surface area contributed by atoms with E-state index in [2.05, 4.69) is 30.6 Å². The molecule has 0 amide bonds. The minimum atomic E-state index is 0.926. The van der Waals surface area contributed by atoms with Gasteiger partial charge in [0.1, 0.15) is 0 Å². The summed E-state index contributed by atoms with van der Waals surface area (Å²) in [5.41, 5.74) is 0. The average Bonchev–Trinajstić information content (AvgIpc) is 3.42.